The number of thioether (sulfide) groups is 1. The molecule has 126 valence electrons. The van der Waals surface area contributed by atoms with E-state index in [2.05, 4.69) is 16.3 Å². The van der Waals surface area contributed by atoms with Crippen LogP contribution in [0.1, 0.15) is 0 Å². The van der Waals surface area contributed by atoms with Crippen LogP contribution in [-0.2, 0) is 4.79 Å². The second-order valence-electron chi connectivity index (χ2n) is 6.11. The Bertz CT molecular complexity index is 729. The Kier molecular flexibility index (Phi) is 4.73. The standard InChI is InChI=1S/C17H20N4O2S/c1-20(2)11-8-9-13(12(10-11)16(22)23)18-19-17-21(3)14-6-4-5-7-15(14)24-17/h4-11,13,17H,1-3H3,(H,22,23)/p+1. The topological polar surface area (TPSA) is 69.7 Å². The van der Waals surface area contributed by atoms with Gasteiger partial charge in [-0.1, -0.05) is 30.0 Å². The van der Waals surface area contributed by atoms with E-state index in [4.69, 9.17) is 0 Å². The molecular weight excluding hydrogens is 324 g/mol. The number of nitrogens with one attached hydrogen (secondary N) is 1. The molecule has 0 bridgehead atoms. The number of para-hydroxylation sites is 1. The Morgan fingerprint density at radius 3 is 2.67 bits per heavy atom. The summed E-state index contributed by atoms with van der Waals surface area (Å²) in [5, 5.41) is 18.2. The zero-order valence-electron chi connectivity index (χ0n) is 13.9. The molecule has 0 fully saturated rings. The Hall–Kier alpha value is -2.12. The fraction of sp³-hybridized carbons (Fsp3) is 0.353. The van der Waals surface area contributed by atoms with Crippen LogP contribution in [0.3, 0.4) is 0 Å². The second kappa shape index (κ2) is 6.78. The van der Waals surface area contributed by atoms with Gasteiger partial charge in [0.05, 0.1) is 25.4 Å². The van der Waals surface area contributed by atoms with Crippen molar-refractivity contribution in [1.29, 1.82) is 0 Å². The van der Waals surface area contributed by atoms with Gasteiger partial charge >= 0.3 is 5.97 Å². The number of anilines is 1. The van der Waals surface area contributed by atoms with E-state index in [0.717, 1.165) is 15.5 Å². The summed E-state index contributed by atoms with van der Waals surface area (Å²) in [6.45, 7) is 0. The molecular formula is C17H21N4O2S+. The molecule has 1 aliphatic carbocycles. The monoisotopic (exact) mass is 345 g/mol. The minimum atomic E-state index is -0.940. The normalized spacial score (nSPS) is 26.1. The number of hydrogen-bond acceptors (Lipinski definition) is 5. The molecule has 1 aliphatic heterocycles. The smallest absolute Gasteiger partial charge is 0.334 e. The fourth-order valence-electron chi connectivity index (χ4n) is 2.72. The molecule has 1 aromatic rings. The minimum absolute atomic E-state index is 0.0512. The maximum absolute atomic E-state index is 11.5. The minimum Gasteiger partial charge on any atom is -0.478 e. The summed E-state index contributed by atoms with van der Waals surface area (Å²) in [7, 11) is 5.96. The van der Waals surface area contributed by atoms with Gasteiger partial charge in [-0.15, -0.1) is 0 Å². The lowest BCUT2D eigenvalue weighted by Gasteiger charge is -2.22. The molecule has 3 unspecified atom stereocenters. The van der Waals surface area contributed by atoms with Crippen LogP contribution < -0.4 is 9.80 Å². The average molecular weight is 345 g/mol. The molecule has 6 nitrogen and oxygen atoms in total. The zero-order chi connectivity index (χ0) is 17.3. The third-order valence-corrected chi connectivity index (χ3v) is 5.41. The van der Waals surface area contributed by atoms with Crippen molar-refractivity contribution in [3.8, 4) is 0 Å². The van der Waals surface area contributed by atoms with E-state index in [1.807, 2.05) is 56.4 Å². The van der Waals surface area contributed by atoms with Crippen LogP contribution in [0.15, 0.2) is 63.2 Å². The number of rotatable bonds is 4. The van der Waals surface area contributed by atoms with Crippen LogP contribution in [0.2, 0.25) is 0 Å². The van der Waals surface area contributed by atoms with Crippen molar-refractivity contribution in [2.45, 2.75) is 22.5 Å². The number of carbonyl (C=O) groups is 1. The maximum atomic E-state index is 11.5. The number of hydrogen-bond donors (Lipinski definition) is 2. The Labute approximate surface area is 145 Å². The van der Waals surface area contributed by atoms with Crippen molar-refractivity contribution in [3.05, 3.63) is 48.1 Å². The maximum Gasteiger partial charge on any atom is 0.334 e. The van der Waals surface area contributed by atoms with E-state index in [0.29, 0.717) is 0 Å². The molecule has 0 spiro atoms. The molecule has 2 aliphatic rings. The number of azo groups is 1. The van der Waals surface area contributed by atoms with Crippen molar-refractivity contribution < 1.29 is 14.8 Å². The first-order valence-electron chi connectivity index (χ1n) is 7.79. The van der Waals surface area contributed by atoms with Gasteiger partial charge in [0.25, 0.3) is 0 Å². The second-order valence-corrected chi connectivity index (χ2v) is 7.21. The highest BCUT2D eigenvalue weighted by molar-refractivity contribution is 8.00. The number of benzene rings is 1. The summed E-state index contributed by atoms with van der Waals surface area (Å²) in [5.41, 5.74) is 1.24. The summed E-state index contributed by atoms with van der Waals surface area (Å²) in [6.07, 6.45) is 5.59. The number of quaternary nitrogens is 1. The van der Waals surface area contributed by atoms with Crippen molar-refractivity contribution in [1.82, 2.24) is 0 Å². The molecule has 0 amide bonds. The molecule has 0 aromatic heterocycles. The summed E-state index contributed by atoms with van der Waals surface area (Å²) < 4.78 is 0. The predicted octanol–water partition coefficient (Wildman–Crippen LogP) is 1.43. The Balaban J connectivity index is 1.76. The molecule has 24 heavy (non-hydrogen) atoms. The summed E-state index contributed by atoms with van der Waals surface area (Å²) in [5.74, 6) is -0.940. The molecule has 0 saturated heterocycles. The van der Waals surface area contributed by atoms with E-state index < -0.39 is 12.0 Å². The van der Waals surface area contributed by atoms with Gasteiger partial charge in [-0.05, 0) is 24.3 Å². The van der Waals surface area contributed by atoms with E-state index >= 15 is 0 Å². The first-order chi connectivity index (χ1) is 11.5. The first-order valence-corrected chi connectivity index (χ1v) is 8.67. The van der Waals surface area contributed by atoms with Crippen molar-refractivity contribution in [3.63, 3.8) is 0 Å². The van der Waals surface area contributed by atoms with Crippen LogP contribution in [0.25, 0.3) is 0 Å². The molecule has 7 heteroatoms. The van der Waals surface area contributed by atoms with E-state index in [1.54, 1.807) is 17.8 Å². The molecule has 0 radical (unpaired) electrons. The van der Waals surface area contributed by atoms with Gasteiger partial charge in [-0.3, -0.25) is 0 Å². The van der Waals surface area contributed by atoms with Crippen LogP contribution in [0.4, 0.5) is 5.69 Å². The highest BCUT2D eigenvalue weighted by Gasteiger charge is 2.29. The Morgan fingerprint density at radius 1 is 1.25 bits per heavy atom. The summed E-state index contributed by atoms with van der Waals surface area (Å²) >= 11 is 1.62. The number of aliphatic carboxylic acids is 1. The van der Waals surface area contributed by atoms with Gasteiger partial charge in [-0.25, -0.2) is 4.79 Å². The molecule has 3 rings (SSSR count). The largest absolute Gasteiger partial charge is 0.478 e. The van der Waals surface area contributed by atoms with Crippen molar-refractivity contribution >= 4 is 23.4 Å². The van der Waals surface area contributed by atoms with Crippen LogP contribution in [0.5, 0.6) is 0 Å². The van der Waals surface area contributed by atoms with Gasteiger partial charge < -0.3 is 14.9 Å². The van der Waals surface area contributed by atoms with E-state index in [9.17, 15) is 9.90 Å². The number of nitrogens with zero attached hydrogens (tertiary/aromatic N) is 3. The third kappa shape index (κ3) is 3.22. The summed E-state index contributed by atoms with van der Waals surface area (Å²) in [6, 6.07) is 7.61. The van der Waals surface area contributed by atoms with Crippen molar-refractivity contribution in [2.75, 3.05) is 26.0 Å². The quantitative estimate of drug-likeness (QED) is 0.640. The molecule has 1 heterocycles. The number of carboxylic acids is 1. The first kappa shape index (κ1) is 16.7. The van der Waals surface area contributed by atoms with Gasteiger partial charge in [-0.2, -0.15) is 10.2 Å². The van der Waals surface area contributed by atoms with E-state index in [1.165, 1.54) is 0 Å². The van der Waals surface area contributed by atoms with Crippen LogP contribution in [0, 0.1) is 0 Å². The molecule has 2 N–H and O–H groups in total. The lowest BCUT2D eigenvalue weighted by molar-refractivity contribution is -0.871. The average Bonchev–Trinajstić information content (AvgIpc) is 2.89. The van der Waals surface area contributed by atoms with Crippen molar-refractivity contribution in [2.24, 2.45) is 10.2 Å². The molecule has 1 aromatic carbocycles. The summed E-state index contributed by atoms with van der Waals surface area (Å²) in [4.78, 5) is 15.9. The molecule has 0 saturated carbocycles. The highest BCUT2D eigenvalue weighted by Crippen LogP contribution is 2.42. The predicted molar refractivity (Wildman–Crippen MR) is 94.6 cm³/mol. The van der Waals surface area contributed by atoms with Gasteiger partial charge in [0.1, 0.15) is 12.1 Å². The van der Waals surface area contributed by atoms with Crippen LogP contribution >= 0.6 is 11.8 Å². The number of fused-ring (bicyclic) bond motifs is 1. The van der Waals surface area contributed by atoms with E-state index in [-0.39, 0.29) is 17.1 Å². The highest BCUT2D eigenvalue weighted by atomic mass is 32.2. The number of carboxylic acid groups (broad SMARTS) is 1. The van der Waals surface area contributed by atoms with Gasteiger partial charge in [0, 0.05) is 11.9 Å². The number of likely N-dealkylation sites (N-methyl/N-ethyl adjacent to an activating group) is 1. The lowest BCUT2D eigenvalue weighted by atomic mass is 9.98. The third-order valence-electron chi connectivity index (χ3n) is 4.19. The lowest BCUT2D eigenvalue weighted by Crippen LogP contribution is -3.09. The van der Waals surface area contributed by atoms with Crippen LogP contribution in [-0.4, -0.2) is 49.8 Å². The zero-order valence-corrected chi connectivity index (χ0v) is 14.7. The SMILES string of the molecule is CN1c2ccccc2SC1N=NC1C=CC([NH+](C)C)C=C1C(=O)O. The van der Waals surface area contributed by atoms with Gasteiger partial charge in [0.15, 0.2) is 5.50 Å². The fourth-order valence-corrected chi connectivity index (χ4v) is 3.81. The Morgan fingerprint density at radius 2 is 2.00 bits per heavy atom. The molecule has 3 atom stereocenters. The van der Waals surface area contributed by atoms with Gasteiger partial charge in [0.2, 0.25) is 0 Å².